The molecule has 0 bridgehead atoms. The van der Waals surface area contributed by atoms with Crippen LogP contribution in [0.5, 0.6) is 0 Å². The SMILES string of the molecule is C/C(=N\Nc1nnc(-c2ccccc2)s1)C(=O)O. The second-order valence-electron chi connectivity index (χ2n) is 3.39. The van der Waals surface area contributed by atoms with E-state index in [1.54, 1.807) is 0 Å². The van der Waals surface area contributed by atoms with E-state index in [1.165, 1.54) is 18.3 Å². The Morgan fingerprint density at radius 2 is 2.06 bits per heavy atom. The zero-order valence-corrected chi connectivity index (χ0v) is 10.3. The van der Waals surface area contributed by atoms with Crippen molar-refractivity contribution in [3.63, 3.8) is 0 Å². The van der Waals surface area contributed by atoms with Crippen LogP contribution < -0.4 is 5.43 Å². The fourth-order valence-electron chi connectivity index (χ4n) is 1.15. The van der Waals surface area contributed by atoms with Gasteiger partial charge in [0.05, 0.1) is 0 Å². The van der Waals surface area contributed by atoms with Crippen LogP contribution in [-0.4, -0.2) is 27.0 Å². The van der Waals surface area contributed by atoms with E-state index in [9.17, 15) is 4.79 Å². The van der Waals surface area contributed by atoms with Crippen LogP contribution in [0.4, 0.5) is 5.13 Å². The average molecular weight is 262 g/mol. The van der Waals surface area contributed by atoms with Gasteiger partial charge in [-0.3, -0.25) is 5.43 Å². The molecule has 0 unspecified atom stereocenters. The first-order valence-electron chi connectivity index (χ1n) is 5.09. The average Bonchev–Trinajstić information content (AvgIpc) is 2.85. The molecule has 0 radical (unpaired) electrons. The lowest BCUT2D eigenvalue weighted by atomic mass is 10.2. The summed E-state index contributed by atoms with van der Waals surface area (Å²) in [6.07, 6.45) is 0. The van der Waals surface area contributed by atoms with E-state index in [0.717, 1.165) is 10.6 Å². The summed E-state index contributed by atoms with van der Waals surface area (Å²) < 4.78 is 0. The molecule has 0 atom stereocenters. The summed E-state index contributed by atoms with van der Waals surface area (Å²) >= 11 is 1.31. The first-order valence-corrected chi connectivity index (χ1v) is 5.91. The summed E-state index contributed by atoms with van der Waals surface area (Å²) in [4.78, 5) is 10.5. The first kappa shape index (κ1) is 12.2. The second kappa shape index (κ2) is 5.37. The summed E-state index contributed by atoms with van der Waals surface area (Å²) in [6.45, 7) is 1.40. The number of carboxylic acid groups (broad SMARTS) is 1. The van der Waals surface area contributed by atoms with Gasteiger partial charge in [0, 0.05) is 5.56 Å². The van der Waals surface area contributed by atoms with Gasteiger partial charge in [-0.2, -0.15) is 5.10 Å². The van der Waals surface area contributed by atoms with Crippen molar-refractivity contribution in [3.8, 4) is 10.6 Å². The van der Waals surface area contributed by atoms with Gasteiger partial charge in [-0.05, 0) is 6.92 Å². The predicted octanol–water partition coefficient (Wildman–Crippen LogP) is 2.08. The summed E-state index contributed by atoms with van der Waals surface area (Å²) in [7, 11) is 0. The van der Waals surface area contributed by atoms with Crippen molar-refractivity contribution in [2.75, 3.05) is 5.43 Å². The zero-order chi connectivity index (χ0) is 13.0. The van der Waals surface area contributed by atoms with E-state index in [0.29, 0.717) is 5.13 Å². The molecule has 2 N–H and O–H groups in total. The van der Waals surface area contributed by atoms with E-state index >= 15 is 0 Å². The number of carboxylic acids is 1. The van der Waals surface area contributed by atoms with Gasteiger partial charge in [-0.25, -0.2) is 4.79 Å². The minimum absolute atomic E-state index is 0.0357. The number of anilines is 1. The van der Waals surface area contributed by atoms with E-state index < -0.39 is 5.97 Å². The van der Waals surface area contributed by atoms with Crippen LogP contribution in [0.2, 0.25) is 0 Å². The van der Waals surface area contributed by atoms with Crippen LogP contribution >= 0.6 is 11.3 Å². The Bertz CT molecular complexity index is 580. The molecular formula is C11H10N4O2S. The van der Waals surface area contributed by atoms with Crippen LogP contribution in [0.3, 0.4) is 0 Å². The number of hydrazone groups is 1. The van der Waals surface area contributed by atoms with Gasteiger partial charge in [0.25, 0.3) is 0 Å². The van der Waals surface area contributed by atoms with Crippen molar-refractivity contribution in [3.05, 3.63) is 30.3 Å². The Morgan fingerprint density at radius 3 is 2.72 bits per heavy atom. The molecule has 0 amide bonds. The standard InChI is InChI=1S/C11H10N4O2S/c1-7(10(16)17)12-14-11-15-13-9(18-11)8-5-3-2-4-6-8/h2-6H,1H3,(H,14,15)(H,16,17)/b12-7+. The minimum atomic E-state index is -1.07. The van der Waals surface area contributed by atoms with Gasteiger partial charge >= 0.3 is 5.97 Å². The number of carbonyl (C=O) groups is 1. The maximum atomic E-state index is 10.5. The smallest absolute Gasteiger partial charge is 0.351 e. The Labute approximate surface area is 107 Å². The third-order valence-corrected chi connectivity index (χ3v) is 2.95. The Hall–Kier alpha value is -2.28. The largest absolute Gasteiger partial charge is 0.477 e. The molecule has 0 aliphatic heterocycles. The molecule has 1 heterocycles. The molecule has 0 spiro atoms. The Kier molecular flexibility index (Phi) is 3.63. The van der Waals surface area contributed by atoms with Gasteiger partial charge < -0.3 is 5.11 Å². The number of rotatable bonds is 4. The second-order valence-corrected chi connectivity index (χ2v) is 4.37. The molecule has 0 saturated heterocycles. The third-order valence-electron chi connectivity index (χ3n) is 2.07. The highest BCUT2D eigenvalue weighted by atomic mass is 32.1. The van der Waals surface area contributed by atoms with Crippen molar-refractivity contribution in [2.24, 2.45) is 5.10 Å². The van der Waals surface area contributed by atoms with Crippen LogP contribution in [0.15, 0.2) is 35.4 Å². The zero-order valence-electron chi connectivity index (χ0n) is 9.49. The van der Waals surface area contributed by atoms with E-state index in [2.05, 4.69) is 20.7 Å². The number of hydrogen-bond donors (Lipinski definition) is 2. The number of nitrogens with zero attached hydrogens (tertiary/aromatic N) is 3. The quantitative estimate of drug-likeness (QED) is 0.650. The number of aliphatic carboxylic acids is 1. The molecule has 6 nitrogen and oxygen atoms in total. The highest BCUT2D eigenvalue weighted by Gasteiger charge is 2.06. The molecule has 2 rings (SSSR count). The van der Waals surface area contributed by atoms with Crippen LogP contribution in [-0.2, 0) is 4.79 Å². The summed E-state index contributed by atoms with van der Waals surface area (Å²) in [5.74, 6) is -1.07. The molecule has 0 fully saturated rings. The Morgan fingerprint density at radius 1 is 1.33 bits per heavy atom. The van der Waals surface area contributed by atoms with Gasteiger partial charge in [0.15, 0.2) is 0 Å². The number of hydrogen-bond acceptors (Lipinski definition) is 6. The predicted molar refractivity (Wildman–Crippen MR) is 69.7 cm³/mol. The van der Waals surface area contributed by atoms with Crippen LogP contribution in [0, 0.1) is 0 Å². The van der Waals surface area contributed by atoms with Crippen molar-refractivity contribution in [1.29, 1.82) is 0 Å². The van der Waals surface area contributed by atoms with Gasteiger partial charge in [0.1, 0.15) is 10.7 Å². The molecule has 2 aromatic rings. The van der Waals surface area contributed by atoms with Crippen LogP contribution in [0.1, 0.15) is 6.92 Å². The normalized spacial score (nSPS) is 11.3. The van der Waals surface area contributed by atoms with Crippen molar-refractivity contribution >= 4 is 28.1 Å². The fourth-order valence-corrected chi connectivity index (χ4v) is 1.84. The Balaban J connectivity index is 2.12. The first-order chi connectivity index (χ1) is 8.66. The van der Waals surface area contributed by atoms with E-state index in [4.69, 9.17) is 5.11 Å². The monoisotopic (exact) mass is 262 g/mol. The van der Waals surface area contributed by atoms with Crippen molar-refractivity contribution in [2.45, 2.75) is 6.92 Å². The summed E-state index contributed by atoms with van der Waals surface area (Å²) in [5.41, 5.74) is 3.49. The van der Waals surface area contributed by atoms with Gasteiger partial charge in [-0.1, -0.05) is 41.7 Å². The van der Waals surface area contributed by atoms with Crippen molar-refractivity contribution in [1.82, 2.24) is 10.2 Å². The van der Waals surface area contributed by atoms with Gasteiger partial charge in [-0.15, -0.1) is 10.2 Å². The molecule has 0 aliphatic rings. The van der Waals surface area contributed by atoms with Gasteiger partial charge in [0.2, 0.25) is 5.13 Å². The number of nitrogens with one attached hydrogen (secondary N) is 1. The van der Waals surface area contributed by atoms with Crippen LogP contribution in [0.25, 0.3) is 10.6 Å². The molecule has 1 aromatic heterocycles. The number of aromatic nitrogens is 2. The maximum absolute atomic E-state index is 10.5. The van der Waals surface area contributed by atoms with E-state index in [1.807, 2.05) is 30.3 Å². The molecule has 92 valence electrons. The minimum Gasteiger partial charge on any atom is -0.477 e. The highest BCUT2D eigenvalue weighted by molar-refractivity contribution is 7.18. The molecule has 0 saturated carbocycles. The molecule has 7 heteroatoms. The molecule has 0 aliphatic carbocycles. The number of benzene rings is 1. The lowest BCUT2D eigenvalue weighted by Crippen LogP contribution is -2.10. The van der Waals surface area contributed by atoms with E-state index in [-0.39, 0.29) is 5.71 Å². The summed E-state index contributed by atoms with van der Waals surface area (Å²) in [6, 6.07) is 9.60. The molecule has 18 heavy (non-hydrogen) atoms. The molecular weight excluding hydrogens is 252 g/mol. The lowest BCUT2D eigenvalue weighted by molar-refractivity contribution is -0.129. The van der Waals surface area contributed by atoms with Crippen molar-refractivity contribution < 1.29 is 9.90 Å². The fraction of sp³-hybridized carbons (Fsp3) is 0.0909. The summed E-state index contributed by atoms with van der Waals surface area (Å²) in [5, 5.41) is 21.4. The third kappa shape index (κ3) is 2.89. The highest BCUT2D eigenvalue weighted by Crippen LogP contribution is 2.25. The topological polar surface area (TPSA) is 87.5 Å². The molecule has 1 aromatic carbocycles. The lowest BCUT2D eigenvalue weighted by Gasteiger charge is -1.94. The maximum Gasteiger partial charge on any atom is 0.351 e.